The largest absolute Gasteiger partial charge is 0.442 e. The average Bonchev–Trinajstić information content (AvgIpc) is 3.05. The first-order chi connectivity index (χ1) is 11.9. The fourth-order valence-electron chi connectivity index (χ4n) is 6.75. The minimum atomic E-state index is -0.247. The molecule has 0 N–H and O–H groups in total. The van der Waals surface area contributed by atoms with Crippen LogP contribution in [0.5, 0.6) is 0 Å². The first-order valence-corrected chi connectivity index (χ1v) is 10.9. The van der Waals surface area contributed by atoms with Gasteiger partial charge < -0.3 is 9.64 Å². The molecule has 3 heteroatoms. The number of carbonyl (C=O) groups excluding carboxylic acids is 1. The van der Waals surface area contributed by atoms with Crippen LogP contribution in [0.3, 0.4) is 0 Å². The van der Waals surface area contributed by atoms with Gasteiger partial charge in [0.25, 0.3) is 0 Å². The maximum atomic E-state index is 13.1. The van der Waals surface area contributed by atoms with Gasteiger partial charge in [-0.1, -0.05) is 46.5 Å². The zero-order valence-corrected chi connectivity index (χ0v) is 16.6. The van der Waals surface area contributed by atoms with Gasteiger partial charge >= 0.3 is 6.09 Å². The first kappa shape index (κ1) is 17.7. The van der Waals surface area contributed by atoms with Crippen molar-refractivity contribution in [2.24, 2.45) is 29.1 Å². The van der Waals surface area contributed by atoms with Crippen molar-refractivity contribution in [2.75, 3.05) is 13.1 Å². The van der Waals surface area contributed by atoms with Crippen LogP contribution < -0.4 is 0 Å². The van der Waals surface area contributed by atoms with Gasteiger partial charge in [-0.25, -0.2) is 4.79 Å². The molecule has 3 nitrogen and oxygen atoms in total. The summed E-state index contributed by atoms with van der Waals surface area (Å²) in [6.45, 7) is 8.63. The second-order valence-corrected chi connectivity index (χ2v) is 10.4. The Labute approximate surface area is 153 Å². The summed E-state index contributed by atoms with van der Waals surface area (Å²) in [6, 6.07) is 0. The summed E-state index contributed by atoms with van der Waals surface area (Å²) in [6.07, 6.45) is 12.7. The van der Waals surface area contributed by atoms with Gasteiger partial charge in [0.15, 0.2) is 0 Å². The maximum Gasteiger partial charge on any atom is 0.410 e. The lowest BCUT2D eigenvalue weighted by Crippen LogP contribution is -2.55. The van der Waals surface area contributed by atoms with Crippen LogP contribution in [-0.4, -0.2) is 29.7 Å². The number of nitrogens with zero attached hydrogens (tertiary/aromatic N) is 1. The molecule has 0 spiro atoms. The van der Waals surface area contributed by atoms with Crippen molar-refractivity contribution in [3.8, 4) is 0 Å². The van der Waals surface area contributed by atoms with E-state index in [0.29, 0.717) is 0 Å². The molecule has 2 unspecified atom stereocenters. The van der Waals surface area contributed by atoms with Crippen LogP contribution in [0.1, 0.15) is 85.0 Å². The minimum Gasteiger partial charge on any atom is -0.442 e. The molecule has 1 aliphatic heterocycles. The Kier molecular flexibility index (Phi) is 4.57. The molecule has 4 rings (SSSR count). The van der Waals surface area contributed by atoms with Crippen LogP contribution in [0.15, 0.2) is 0 Å². The molecule has 2 atom stereocenters. The molecular weight excluding hydrogens is 310 g/mol. The highest BCUT2D eigenvalue weighted by Gasteiger charge is 2.50. The van der Waals surface area contributed by atoms with Crippen molar-refractivity contribution in [1.29, 1.82) is 0 Å². The molecule has 3 saturated carbocycles. The highest BCUT2D eigenvalue weighted by molar-refractivity contribution is 5.68. The summed E-state index contributed by atoms with van der Waals surface area (Å²) in [7, 11) is 0. The molecule has 142 valence electrons. The normalized spacial score (nSPS) is 37.5. The Morgan fingerprint density at radius 2 is 1.40 bits per heavy atom. The Balaban J connectivity index is 1.47. The quantitative estimate of drug-likeness (QED) is 0.615. The van der Waals surface area contributed by atoms with E-state index in [-0.39, 0.29) is 17.1 Å². The van der Waals surface area contributed by atoms with Crippen LogP contribution in [0.4, 0.5) is 4.79 Å². The van der Waals surface area contributed by atoms with Crippen LogP contribution >= 0.6 is 0 Å². The molecule has 0 aromatic carbocycles. The average molecular weight is 348 g/mol. The van der Waals surface area contributed by atoms with Gasteiger partial charge in [-0.2, -0.15) is 0 Å². The summed E-state index contributed by atoms with van der Waals surface area (Å²) < 4.78 is 6.31. The van der Waals surface area contributed by atoms with Gasteiger partial charge in [0.05, 0.1) is 0 Å². The van der Waals surface area contributed by atoms with E-state index in [0.717, 1.165) is 49.6 Å². The van der Waals surface area contributed by atoms with Crippen molar-refractivity contribution in [2.45, 2.75) is 90.6 Å². The summed E-state index contributed by atoms with van der Waals surface area (Å²) in [4.78, 5) is 15.2. The van der Waals surface area contributed by atoms with Gasteiger partial charge in [-0.05, 0) is 62.2 Å². The Bertz CT molecular complexity index is 483. The fourth-order valence-corrected chi connectivity index (χ4v) is 6.75. The third-order valence-corrected chi connectivity index (χ3v) is 8.16. The van der Waals surface area contributed by atoms with Crippen LogP contribution in [0, 0.1) is 29.1 Å². The predicted molar refractivity (Wildman–Crippen MR) is 100 cm³/mol. The second-order valence-electron chi connectivity index (χ2n) is 10.4. The molecule has 0 aromatic rings. The molecule has 4 fully saturated rings. The van der Waals surface area contributed by atoms with Crippen LogP contribution in [0.25, 0.3) is 0 Å². The van der Waals surface area contributed by atoms with Gasteiger partial charge in [-0.15, -0.1) is 0 Å². The molecule has 3 aliphatic carbocycles. The third-order valence-electron chi connectivity index (χ3n) is 8.16. The first-order valence-electron chi connectivity index (χ1n) is 10.9. The molecule has 0 aromatic heterocycles. The number of ether oxygens (including phenoxy) is 1. The van der Waals surface area contributed by atoms with Crippen LogP contribution in [0.2, 0.25) is 0 Å². The van der Waals surface area contributed by atoms with Gasteiger partial charge in [0.1, 0.15) is 5.60 Å². The number of rotatable bonds is 1. The highest BCUT2D eigenvalue weighted by atomic mass is 16.6. The van der Waals surface area contributed by atoms with Gasteiger partial charge in [-0.3, -0.25) is 0 Å². The fraction of sp³-hybridized carbons (Fsp3) is 0.955. The van der Waals surface area contributed by atoms with E-state index in [1.165, 1.54) is 51.4 Å². The lowest BCUT2D eigenvalue weighted by atomic mass is 9.59. The monoisotopic (exact) mass is 347 g/mol. The molecule has 0 radical (unpaired) electrons. The van der Waals surface area contributed by atoms with Crippen LogP contribution in [-0.2, 0) is 4.74 Å². The van der Waals surface area contributed by atoms with Crippen molar-refractivity contribution in [1.82, 2.24) is 4.90 Å². The van der Waals surface area contributed by atoms with E-state index in [1.807, 2.05) is 0 Å². The summed E-state index contributed by atoms with van der Waals surface area (Å²) >= 11 is 0. The molecule has 4 aliphatic rings. The summed E-state index contributed by atoms with van der Waals surface area (Å²) in [5.41, 5.74) is -0.221. The lowest BCUT2D eigenvalue weighted by molar-refractivity contribution is -0.0906. The highest BCUT2D eigenvalue weighted by Crippen LogP contribution is 2.50. The molecule has 1 heterocycles. The number of hydrogen-bond donors (Lipinski definition) is 0. The number of likely N-dealkylation sites (tertiary alicyclic amines) is 1. The maximum absolute atomic E-state index is 13.1. The Hall–Kier alpha value is -0.730. The molecule has 25 heavy (non-hydrogen) atoms. The van der Waals surface area contributed by atoms with E-state index >= 15 is 0 Å². The molecule has 0 bridgehead atoms. The lowest BCUT2D eigenvalue weighted by Gasteiger charge is -2.52. The SMILES string of the molecule is CC(C)(C)C1(OC(=O)N2CC3CCCC4CCCC(C2)C43)CCCC1. The number of carbonyl (C=O) groups is 1. The number of piperidine rings is 1. The van der Waals surface area contributed by atoms with Crippen molar-refractivity contribution < 1.29 is 9.53 Å². The summed E-state index contributed by atoms with van der Waals surface area (Å²) in [5, 5.41) is 0. The van der Waals surface area contributed by atoms with Crippen molar-refractivity contribution >= 4 is 6.09 Å². The van der Waals surface area contributed by atoms with E-state index in [2.05, 4.69) is 25.7 Å². The number of amides is 1. The Morgan fingerprint density at radius 3 is 1.92 bits per heavy atom. The third kappa shape index (κ3) is 3.10. The molecular formula is C22H37NO2. The van der Waals surface area contributed by atoms with Gasteiger partial charge in [0, 0.05) is 18.5 Å². The molecule has 1 amide bonds. The molecule has 1 saturated heterocycles. The van der Waals surface area contributed by atoms with Crippen molar-refractivity contribution in [3.63, 3.8) is 0 Å². The zero-order valence-electron chi connectivity index (χ0n) is 16.6. The number of hydrogen-bond acceptors (Lipinski definition) is 2. The zero-order chi connectivity index (χ0) is 17.7. The topological polar surface area (TPSA) is 29.5 Å². The minimum absolute atomic E-state index is 0.0111. The van der Waals surface area contributed by atoms with E-state index in [9.17, 15) is 4.79 Å². The summed E-state index contributed by atoms with van der Waals surface area (Å²) in [5.74, 6) is 3.32. The predicted octanol–water partition coefficient (Wildman–Crippen LogP) is 5.63. The van der Waals surface area contributed by atoms with E-state index in [1.54, 1.807) is 0 Å². The smallest absolute Gasteiger partial charge is 0.410 e. The van der Waals surface area contributed by atoms with E-state index in [4.69, 9.17) is 4.74 Å². The Morgan fingerprint density at radius 1 is 0.880 bits per heavy atom. The van der Waals surface area contributed by atoms with Gasteiger partial charge in [0.2, 0.25) is 0 Å². The second kappa shape index (κ2) is 6.46. The standard InChI is InChI=1S/C22H37NO2/c1-21(2,3)22(12-4-5-13-22)25-20(24)23-14-17-10-6-8-16-9-7-11-18(15-23)19(16)17/h16-19H,4-15H2,1-3H3. The van der Waals surface area contributed by atoms with Crippen molar-refractivity contribution in [3.05, 3.63) is 0 Å². The van der Waals surface area contributed by atoms with E-state index < -0.39 is 0 Å².